The maximum atomic E-state index is 12.7. The molecule has 1 amide bonds. The van der Waals surface area contributed by atoms with E-state index < -0.39 is 0 Å². The molecule has 0 atom stereocenters. The van der Waals surface area contributed by atoms with Crippen LogP contribution in [-0.4, -0.2) is 57.4 Å². The van der Waals surface area contributed by atoms with E-state index in [0.29, 0.717) is 12.2 Å². The van der Waals surface area contributed by atoms with Gasteiger partial charge in [-0.3, -0.25) is 9.89 Å². The molecule has 7 heteroatoms. The number of nitrogens with one attached hydrogen (secondary N) is 1. The van der Waals surface area contributed by atoms with Gasteiger partial charge in [0.1, 0.15) is 5.69 Å². The summed E-state index contributed by atoms with van der Waals surface area (Å²) in [7, 11) is 0. The predicted molar refractivity (Wildman–Crippen MR) is 92.1 cm³/mol. The van der Waals surface area contributed by atoms with E-state index in [1.165, 1.54) is 0 Å². The van der Waals surface area contributed by atoms with Crippen LogP contribution in [-0.2, 0) is 6.42 Å². The Bertz CT molecular complexity index is 681. The highest BCUT2D eigenvalue weighted by Crippen LogP contribution is 2.14. The number of carbonyl (C=O) groups is 1. The Hall–Kier alpha value is -2.44. The molecule has 1 saturated heterocycles. The molecule has 0 bridgehead atoms. The smallest absolute Gasteiger partial charge is 0.274 e. The largest absolute Gasteiger partial charge is 0.353 e. The molecule has 24 heavy (non-hydrogen) atoms. The first-order chi connectivity index (χ1) is 11.7. The number of rotatable bonds is 4. The lowest BCUT2D eigenvalue weighted by Crippen LogP contribution is -2.35. The topological polar surface area (TPSA) is 78.0 Å². The zero-order chi connectivity index (χ0) is 16.9. The van der Waals surface area contributed by atoms with Crippen LogP contribution in [0.3, 0.4) is 0 Å². The molecular weight excluding hydrogens is 304 g/mol. The molecule has 2 aromatic rings. The summed E-state index contributed by atoms with van der Waals surface area (Å²) in [6.45, 7) is 7.09. The van der Waals surface area contributed by atoms with Crippen molar-refractivity contribution in [1.29, 1.82) is 0 Å². The van der Waals surface area contributed by atoms with Gasteiger partial charge in [0.25, 0.3) is 5.91 Å². The normalized spacial score (nSPS) is 15.4. The highest BCUT2D eigenvalue weighted by molar-refractivity contribution is 5.92. The predicted octanol–water partition coefficient (Wildman–Crippen LogP) is 1.81. The van der Waals surface area contributed by atoms with Gasteiger partial charge in [0.2, 0.25) is 0 Å². The molecule has 1 aliphatic heterocycles. The number of aromatic nitrogens is 4. The van der Waals surface area contributed by atoms with E-state index in [0.717, 1.165) is 56.1 Å². The third kappa shape index (κ3) is 3.72. The first-order valence-corrected chi connectivity index (χ1v) is 8.56. The van der Waals surface area contributed by atoms with E-state index >= 15 is 0 Å². The number of carbonyl (C=O) groups excluding carboxylic acids is 1. The van der Waals surface area contributed by atoms with Crippen molar-refractivity contribution in [3.63, 3.8) is 0 Å². The second-order valence-corrected chi connectivity index (χ2v) is 6.19. The van der Waals surface area contributed by atoms with Gasteiger partial charge < -0.3 is 9.80 Å². The lowest BCUT2D eigenvalue weighted by molar-refractivity contribution is 0.0761. The lowest BCUT2D eigenvalue weighted by Gasteiger charge is -2.22. The Balaban J connectivity index is 1.64. The summed E-state index contributed by atoms with van der Waals surface area (Å²) in [5, 5.41) is 15.5. The monoisotopic (exact) mass is 328 g/mol. The summed E-state index contributed by atoms with van der Waals surface area (Å²) in [4.78, 5) is 16.7. The Labute approximate surface area is 142 Å². The van der Waals surface area contributed by atoms with Crippen molar-refractivity contribution in [2.24, 2.45) is 0 Å². The van der Waals surface area contributed by atoms with Crippen LogP contribution in [0.1, 0.15) is 41.6 Å². The Morgan fingerprint density at radius 1 is 1.21 bits per heavy atom. The highest BCUT2D eigenvalue weighted by atomic mass is 16.2. The summed E-state index contributed by atoms with van der Waals surface area (Å²) in [6, 6.07) is 5.83. The maximum Gasteiger partial charge on any atom is 0.274 e. The molecule has 1 fully saturated rings. The summed E-state index contributed by atoms with van der Waals surface area (Å²) in [5.41, 5.74) is 2.45. The molecule has 0 aromatic carbocycles. The summed E-state index contributed by atoms with van der Waals surface area (Å²) >= 11 is 0. The van der Waals surface area contributed by atoms with Gasteiger partial charge in [-0.1, -0.05) is 13.3 Å². The Morgan fingerprint density at radius 2 is 2.08 bits per heavy atom. The van der Waals surface area contributed by atoms with Crippen LogP contribution in [0.15, 0.2) is 18.2 Å². The van der Waals surface area contributed by atoms with Crippen molar-refractivity contribution < 1.29 is 4.79 Å². The lowest BCUT2D eigenvalue weighted by atomic mass is 10.2. The van der Waals surface area contributed by atoms with E-state index in [2.05, 4.69) is 32.2 Å². The van der Waals surface area contributed by atoms with Gasteiger partial charge in [-0.15, -0.1) is 5.10 Å². The number of aryl methyl sites for hydroxylation is 2. The van der Waals surface area contributed by atoms with Crippen LogP contribution >= 0.6 is 0 Å². The molecule has 7 nitrogen and oxygen atoms in total. The molecule has 128 valence electrons. The van der Waals surface area contributed by atoms with Crippen LogP contribution in [0, 0.1) is 6.92 Å². The number of H-pyrrole nitrogens is 1. The van der Waals surface area contributed by atoms with Gasteiger partial charge in [-0.25, -0.2) is 0 Å². The minimum atomic E-state index is 0.00504. The van der Waals surface area contributed by atoms with Gasteiger partial charge in [-0.05, 0) is 38.0 Å². The minimum absolute atomic E-state index is 0.00504. The van der Waals surface area contributed by atoms with E-state index in [1.54, 1.807) is 0 Å². The molecule has 2 aromatic heterocycles. The fourth-order valence-corrected chi connectivity index (χ4v) is 2.94. The molecule has 1 aliphatic rings. The number of amides is 1. The zero-order valence-corrected chi connectivity index (χ0v) is 14.3. The number of anilines is 1. The van der Waals surface area contributed by atoms with Crippen molar-refractivity contribution in [2.75, 3.05) is 31.1 Å². The summed E-state index contributed by atoms with van der Waals surface area (Å²) in [5.74, 6) is 0.880. The number of hydrogen-bond acceptors (Lipinski definition) is 5. The molecule has 3 heterocycles. The van der Waals surface area contributed by atoms with E-state index in [9.17, 15) is 4.79 Å². The average Bonchev–Trinajstić information content (AvgIpc) is 2.91. The third-order valence-electron chi connectivity index (χ3n) is 4.26. The SMILES string of the molecule is CCCc1cc(C(=O)N2CCCN(c3ccc(C)nn3)CC2)n[nH]1. The quantitative estimate of drug-likeness (QED) is 0.926. The number of nitrogens with zero attached hydrogens (tertiary/aromatic N) is 5. The van der Waals surface area contributed by atoms with Gasteiger partial charge >= 0.3 is 0 Å². The van der Waals surface area contributed by atoms with Crippen molar-refractivity contribution in [3.05, 3.63) is 35.3 Å². The molecule has 1 N–H and O–H groups in total. The van der Waals surface area contributed by atoms with Gasteiger partial charge in [0.15, 0.2) is 5.82 Å². The Kier molecular flexibility index (Phi) is 5.08. The van der Waals surface area contributed by atoms with Gasteiger partial charge in [0, 0.05) is 31.9 Å². The number of hydrogen-bond donors (Lipinski definition) is 1. The van der Waals surface area contributed by atoms with Crippen LogP contribution in [0.4, 0.5) is 5.82 Å². The Morgan fingerprint density at radius 3 is 2.83 bits per heavy atom. The van der Waals surface area contributed by atoms with E-state index in [4.69, 9.17) is 0 Å². The molecule has 0 spiro atoms. The van der Waals surface area contributed by atoms with E-state index in [1.807, 2.05) is 30.0 Å². The van der Waals surface area contributed by atoms with Crippen LogP contribution in [0.2, 0.25) is 0 Å². The summed E-state index contributed by atoms with van der Waals surface area (Å²) < 4.78 is 0. The van der Waals surface area contributed by atoms with Crippen molar-refractivity contribution >= 4 is 11.7 Å². The second kappa shape index (κ2) is 7.42. The second-order valence-electron chi connectivity index (χ2n) is 6.19. The fourth-order valence-electron chi connectivity index (χ4n) is 2.94. The molecule has 3 rings (SSSR count). The fraction of sp³-hybridized carbons (Fsp3) is 0.529. The first kappa shape index (κ1) is 16.4. The molecular formula is C17H24N6O. The van der Waals surface area contributed by atoms with Crippen molar-refractivity contribution in [1.82, 2.24) is 25.3 Å². The standard InChI is InChI=1S/C17H24N6O/c1-3-5-14-12-15(20-19-14)17(24)23-9-4-8-22(10-11-23)16-7-6-13(2)18-21-16/h6-7,12H,3-5,8-11H2,1-2H3,(H,19,20). The highest BCUT2D eigenvalue weighted by Gasteiger charge is 2.22. The average molecular weight is 328 g/mol. The molecule has 0 radical (unpaired) electrons. The third-order valence-corrected chi connectivity index (χ3v) is 4.26. The van der Waals surface area contributed by atoms with Crippen molar-refractivity contribution in [3.8, 4) is 0 Å². The minimum Gasteiger partial charge on any atom is -0.353 e. The summed E-state index contributed by atoms with van der Waals surface area (Å²) in [6.07, 6.45) is 2.86. The number of aromatic amines is 1. The molecule has 0 aliphatic carbocycles. The first-order valence-electron chi connectivity index (χ1n) is 8.56. The molecule has 0 saturated carbocycles. The molecule has 0 unspecified atom stereocenters. The van der Waals surface area contributed by atoms with Crippen LogP contribution in [0.25, 0.3) is 0 Å². The van der Waals surface area contributed by atoms with Gasteiger partial charge in [-0.2, -0.15) is 10.2 Å². The van der Waals surface area contributed by atoms with Crippen LogP contribution in [0.5, 0.6) is 0 Å². The van der Waals surface area contributed by atoms with Crippen molar-refractivity contribution in [2.45, 2.75) is 33.1 Å². The zero-order valence-electron chi connectivity index (χ0n) is 14.3. The maximum absolute atomic E-state index is 12.7. The van der Waals surface area contributed by atoms with Gasteiger partial charge in [0.05, 0.1) is 5.69 Å². The van der Waals surface area contributed by atoms with Crippen LogP contribution < -0.4 is 4.90 Å². The van der Waals surface area contributed by atoms with E-state index in [-0.39, 0.29) is 5.91 Å².